The third-order valence-electron chi connectivity index (χ3n) is 4.89. The van der Waals surface area contributed by atoms with E-state index in [9.17, 15) is 27.2 Å². The maximum Gasteiger partial charge on any atom is 0.310 e. The summed E-state index contributed by atoms with van der Waals surface area (Å²) < 4.78 is 65.4. The number of ether oxygens (including phenoxy) is 2. The molecule has 0 heterocycles. The lowest BCUT2D eigenvalue weighted by molar-refractivity contribution is -0.147. The van der Waals surface area contributed by atoms with E-state index in [1.165, 1.54) is 6.08 Å². The van der Waals surface area contributed by atoms with Crippen molar-refractivity contribution < 1.29 is 41.7 Å². The quantitative estimate of drug-likeness (QED) is 0.309. The molecule has 2 atom stereocenters. The van der Waals surface area contributed by atoms with Crippen molar-refractivity contribution in [3.05, 3.63) is 46.5 Å². The van der Waals surface area contributed by atoms with Crippen molar-refractivity contribution in [1.82, 2.24) is 0 Å². The number of rotatable bonds is 8. The van der Waals surface area contributed by atoms with Crippen LogP contribution in [0.15, 0.2) is 12.2 Å². The lowest BCUT2D eigenvalue weighted by Gasteiger charge is -2.12. The Morgan fingerprint density at radius 2 is 1.54 bits per heavy atom. The zero-order chi connectivity index (χ0) is 21.2. The minimum absolute atomic E-state index is 0.211. The summed E-state index contributed by atoms with van der Waals surface area (Å²) in [5.41, 5.74) is -2.46. The van der Waals surface area contributed by atoms with E-state index in [0.717, 1.165) is 7.11 Å². The maximum atomic E-state index is 14.1. The molecular weight excluding hydrogens is 384 g/mol. The van der Waals surface area contributed by atoms with Gasteiger partial charge in [0.2, 0.25) is 0 Å². The molecule has 0 saturated heterocycles. The Bertz CT molecular complexity index is 790. The molecule has 2 unspecified atom stereocenters. The van der Waals surface area contributed by atoms with E-state index in [1.807, 2.05) is 0 Å². The number of aliphatic carboxylic acids is 1. The van der Waals surface area contributed by atoms with Crippen LogP contribution >= 0.6 is 0 Å². The summed E-state index contributed by atoms with van der Waals surface area (Å²) in [5.74, 6) is -9.30. The van der Waals surface area contributed by atoms with Gasteiger partial charge in [0.25, 0.3) is 0 Å². The SMILES string of the molecule is COCc1c(F)c(F)c(COC(=O)C2C(C=CCC(=O)O)C2(C)C)c(F)c1F. The van der Waals surface area contributed by atoms with Crippen molar-refractivity contribution >= 4 is 11.9 Å². The monoisotopic (exact) mass is 404 g/mol. The third-order valence-corrected chi connectivity index (χ3v) is 4.89. The molecule has 154 valence electrons. The third kappa shape index (κ3) is 4.19. The number of esters is 1. The molecule has 0 bridgehead atoms. The molecule has 0 spiro atoms. The number of carboxylic acid groups (broad SMARTS) is 1. The fourth-order valence-electron chi connectivity index (χ4n) is 3.16. The standard InChI is InChI=1S/C19H20F4O5/c1-19(2)11(5-4-6-12(24)25)13(19)18(26)28-8-10-16(22)14(20)9(7-27-3)15(21)17(10)23/h4-5,11,13H,6-8H2,1-3H3,(H,24,25). The number of carbonyl (C=O) groups excluding carboxylic acids is 1. The second-order valence-corrected chi connectivity index (χ2v) is 7.10. The fraction of sp³-hybridized carbons (Fsp3) is 0.474. The molecule has 1 fully saturated rings. The second kappa shape index (κ2) is 8.30. The first-order chi connectivity index (χ1) is 13.0. The lowest BCUT2D eigenvalue weighted by atomic mass is 10.1. The van der Waals surface area contributed by atoms with Crippen LogP contribution in [0.2, 0.25) is 0 Å². The van der Waals surface area contributed by atoms with Crippen LogP contribution in [0.25, 0.3) is 0 Å². The van der Waals surface area contributed by atoms with E-state index in [2.05, 4.69) is 4.74 Å². The average molecular weight is 404 g/mol. The summed E-state index contributed by atoms with van der Waals surface area (Å²) >= 11 is 0. The highest BCUT2D eigenvalue weighted by Crippen LogP contribution is 2.59. The van der Waals surface area contributed by atoms with Crippen LogP contribution in [0.5, 0.6) is 0 Å². The van der Waals surface area contributed by atoms with Crippen molar-refractivity contribution in [3.8, 4) is 0 Å². The minimum atomic E-state index is -1.65. The molecule has 0 amide bonds. The van der Waals surface area contributed by atoms with E-state index in [-0.39, 0.29) is 12.3 Å². The first-order valence-electron chi connectivity index (χ1n) is 8.41. The Labute approximate surface area is 158 Å². The maximum absolute atomic E-state index is 14.1. The number of carbonyl (C=O) groups is 2. The molecule has 1 aromatic carbocycles. The predicted octanol–water partition coefficient (Wildman–Crippen LogP) is 3.74. The van der Waals surface area contributed by atoms with Gasteiger partial charge in [-0.05, 0) is 11.3 Å². The Kier molecular flexibility index (Phi) is 6.48. The molecule has 1 N–H and O–H groups in total. The number of methoxy groups -OCH3 is 1. The highest BCUT2D eigenvalue weighted by Gasteiger charge is 2.61. The van der Waals surface area contributed by atoms with Gasteiger partial charge in [0.15, 0.2) is 23.3 Å². The Morgan fingerprint density at radius 3 is 2.00 bits per heavy atom. The fourth-order valence-corrected chi connectivity index (χ4v) is 3.16. The summed E-state index contributed by atoms with van der Waals surface area (Å²) in [6.45, 7) is 1.85. The number of halogens is 4. The number of allylic oxidation sites excluding steroid dienone is 1. The highest BCUT2D eigenvalue weighted by atomic mass is 19.2. The largest absolute Gasteiger partial charge is 0.481 e. The summed E-state index contributed by atoms with van der Waals surface area (Å²) in [4.78, 5) is 22.8. The molecule has 9 heteroatoms. The molecule has 0 aliphatic heterocycles. The number of benzene rings is 1. The van der Waals surface area contributed by atoms with Crippen LogP contribution in [-0.2, 0) is 32.3 Å². The molecular formula is C19H20F4O5. The second-order valence-electron chi connectivity index (χ2n) is 7.10. The van der Waals surface area contributed by atoms with Crippen LogP contribution in [0, 0.1) is 40.5 Å². The van der Waals surface area contributed by atoms with Gasteiger partial charge in [-0.1, -0.05) is 26.0 Å². The minimum Gasteiger partial charge on any atom is -0.481 e. The van der Waals surface area contributed by atoms with Gasteiger partial charge in [-0.25, -0.2) is 17.6 Å². The van der Waals surface area contributed by atoms with E-state index in [0.29, 0.717) is 0 Å². The molecule has 1 saturated carbocycles. The van der Waals surface area contributed by atoms with Gasteiger partial charge in [0.05, 0.1) is 30.1 Å². The van der Waals surface area contributed by atoms with Crippen molar-refractivity contribution in [3.63, 3.8) is 0 Å². The summed E-state index contributed by atoms with van der Waals surface area (Å²) in [6.07, 6.45) is 2.76. The van der Waals surface area contributed by atoms with E-state index >= 15 is 0 Å². The van der Waals surface area contributed by atoms with Crippen LogP contribution in [0.4, 0.5) is 17.6 Å². The Morgan fingerprint density at radius 1 is 1.04 bits per heavy atom. The van der Waals surface area contributed by atoms with Gasteiger partial charge in [0.1, 0.15) is 6.61 Å². The number of hydrogen-bond donors (Lipinski definition) is 1. The average Bonchev–Trinajstić information content (AvgIpc) is 3.17. The van der Waals surface area contributed by atoms with Crippen LogP contribution < -0.4 is 0 Å². The Balaban J connectivity index is 2.11. The number of hydrogen-bond acceptors (Lipinski definition) is 4. The van der Waals surface area contributed by atoms with Gasteiger partial charge < -0.3 is 14.6 Å². The van der Waals surface area contributed by atoms with E-state index in [1.54, 1.807) is 19.9 Å². The summed E-state index contributed by atoms with van der Waals surface area (Å²) in [7, 11) is 1.11. The molecule has 28 heavy (non-hydrogen) atoms. The van der Waals surface area contributed by atoms with Crippen molar-refractivity contribution in [2.24, 2.45) is 17.3 Å². The molecule has 0 aromatic heterocycles. The summed E-state index contributed by atoms with van der Waals surface area (Å²) in [5, 5.41) is 8.63. The summed E-state index contributed by atoms with van der Waals surface area (Å²) in [6, 6.07) is 0. The lowest BCUT2D eigenvalue weighted by Crippen LogP contribution is -2.15. The first kappa shape index (κ1) is 21.9. The van der Waals surface area contributed by atoms with Crippen molar-refractivity contribution in [1.29, 1.82) is 0 Å². The van der Waals surface area contributed by atoms with Crippen LogP contribution in [0.1, 0.15) is 31.4 Å². The van der Waals surface area contributed by atoms with Crippen LogP contribution in [0.3, 0.4) is 0 Å². The van der Waals surface area contributed by atoms with Gasteiger partial charge >= 0.3 is 11.9 Å². The topological polar surface area (TPSA) is 72.8 Å². The highest BCUT2D eigenvalue weighted by molar-refractivity contribution is 5.78. The van der Waals surface area contributed by atoms with Gasteiger partial charge in [0, 0.05) is 7.11 Å². The van der Waals surface area contributed by atoms with Gasteiger partial charge in [-0.2, -0.15) is 0 Å². The molecule has 1 aliphatic rings. The van der Waals surface area contributed by atoms with Crippen molar-refractivity contribution in [2.45, 2.75) is 33.5 Å². The van der Waals surface area contributed by atoms with Crippen LogP contribution in [-0.4, -0.2) is 24.2 Å². The zero-order valence-corrected chi connectivity index (χ0v) is 15.5. The van der Waals surface area contributed by atoms with Crippen molar-refractivity contribution in [2.75, 3.05) is 7.11 Å². The molecule has 1 aliphatic carbocycles. The molecule has 2 rings (SSSR count). The number of carboxylic acids is 1. The smallest absolute Gasteiger partial charge is 0.310 e. The Hall–Kier alpha value is -2.42. The molecule has 0 radical (unpaired) electrons. The van der Waals surface area contributed by atoms with E-state index in [4.69, 9.17) is 9.84 Å². The van der Waals surface area contributed by atoms with E-state index < -0.39 is 70.9 Å². The molecule has 5 nitrogen and oxygen atoms in total. The first-order valence-corrected chi connectivity index (χ1v) is 8.41. The predicted molar refractivity (Wildman–Crippen MR) is 88.9 cm³/mol. The normalized spacial score (nSPS) is 20.4. The van der Waals surface area contributed by atoms with Gasteiger partial charge in [-0.3, -0.25) is 9.59 Å². The zero-order valence-electron chi connectivity index (χ0n) is 15.5. The van der Waals surface area contributed by atoms with Gasteiger partial charge in [-0.15, -0.1) is 0 Å². The molecule has 1 aromatic rings.